The predicted molar refractivity (Wildman–Crippen MR) is 139 cm³/mol. The monoisotopic (exact) mass is 586 g/mol. The number of rotatable bonds is 8. The van der Waals surface area contributed by atoms with Gasteiger partial charge in [-0.05, 0) is 49.0 Å². The van der Waals surface area contributed by atoms with Crippen LogP contribution < -0.4 is 19.9 Å². The second-order valence-corrected chi connectivity index (χ2v) is 9.29. The lowest BCUT2D eigenvalue weighted by Crippen LogP contribution is -2.44. The van der Waals surface area contributed by atoms with Gasteiger partial charge in [-0.2, -0.15) is 26.9 Å². The zero-order valence-electron chi connectivity index (χ0n) is 21.0. The number of nitrogens with one attached hydrogen (secondary N) is 1. The fraction of sp³-hybridized carbons (Fsp3) is 0.320. The Bertz CT molecular complexity index is 1350. The van der Waals surface area contributed by atoms with E-state index in [1.807, 2.05) is 11.9 Å². The van der Waals surface area contributed by atoms with Crippen LogP contribution in [0.25, 0.3) is 0 Å². The number of benzene rings is 2. The number of likely N-dealkylation sites (N-methyl/N-ethyl adjacent to an activating group) is 1. The Balaban J connectivity index is 1.58. The summed E-state index contributed by atoms with van der Waals surface area (Å²) in [5.74, 6) is -0.308. The zero-order valence-corrected chi connectivity index (χ0v) is 21.8. The molecule has 0 aliphatic carbocycles. The maximum Gasteiger partial charge on any atom is 0.416 e. The molecule has 1 aromatic heterocycles. The van der Waals surface area contributed by atoms with Crippen molar-refractivity contribution in [3.05, 3.63) is 64.8 Å². The van der Waals surface area contributed by atoms with E-state index in [2.05, 4.69) is 20.2 Å². The number of carbonyl (C=O) groups is 1. The third-order valence-electron chi connectivity index (χ3n) is 6.13. The van der Waals surface area contributed by atoms with Crippen molar-refractivity contribution in [2.75, 3.05) is 48.3 Å². The van der Waals surface area contributed by atoms with Gasteiger partial charge in [-0.25, -0.2) is 9.78 Å². The van der Waals surface area contributed by atoms with Crippen molar-refractivity contribution in [3.63, 3.8) is 0 Å². The van der Waals surface area contributed by atoms with Gasteiger partial charge in [-0.3, -0.25) is 4.90 Å². The van der Waals surface area contributed by atoms with E-state index in [0.29, 0.717) is 23.7 Å². The van der Waals surface area contributed by atoms with Crippen molar-refractivity contribution in [3.8, 4) is 5.75 Å². The van der Waals surface area contributed by atoms with Crippen molar-refractivity contribution in [2.24, 2.45) is 0 Å². The van der Waals surface area contributed by atoms with Gasteiger partial charge in [0.2, 0.25) is 5.95 Å². The molecule has 15 heteroatoms. The summed E-state index contributed by atoms with van der Waals surface area (Å²) in [5.41, 5.74) is -0.290. The Labute approximate surface area is 230 Å². The SMILES string of the molecule is CN1CCN(c2ccc(Nc3nccc(N(Cc4cc(C(F)(F)F)ccc4Cl)C(=O)O)n3)cc2OC(F)F)CC1. The lowest BCUT2D eigenvalue weighted by Gasteiger charge is -2.34. The maximum atomic E-state index is 13.2. The molecule has 1 saturated heterocycles. The van der Waals surface area contributed by atoms with Crippen molar-refractivity contribution in [1.82, 2.24) is 14.9 Å². The largest absolute Gasteiger partial charge is 0.465 e. The minimum absolute atomic E-state index is 0.0568. The Morgan fingerprint density at radius 1 is 1.15 bits per heavy atom. The highest BCUT2D eigenvalue weighted by atomic mass is 35.5. The predicted octanol–water partition coefficient (Wildman–Crippen LogP) is 5.93. The van der Waals surface area contributed by atoms with E-state index in [0.717, 1.165) is 31.3 Å². The van der Waals surface area contributed by atoms with Crippen LogP contribution in [0.5, 0.6) is 5.75 Å². The highest BCUT2D eigenvalue weighted by Gasteiger charge is 2.31. The van der Waals surface area contributed by atoms with Crippen molar-refractivity contribution >= 4 is 40.8 Å². The second kappa shape index (κ2) is 12.1. The Kier molecular flexibility index (Phi) is 8.79. The molecule has 0 atom stereocenters. The van der Waals surface area contributed by atoms with E-state index in [1.165, 1.54) is 18.3 Å². The molecule has 0 bridgehead atoms. The molecule has 4 rings (SSSR count). The average molecular weight is 587 g/mol. The summed E-state index contributed by atoms with van der Waals surface area (Å²) in [5, 5.41) is 12.5. The summed E-state index contributed by atoms with van der Waals surface area (Å²) in [7, 11) is 1.97. The first-order chi connectivity index (χ1) is 18.9. The van der Waals surface area contributed by atoms with E-state index in [-0.39, 0.29) is 33.8 Å². The lowest BCUT2D eigenvalue weighted by atomic mass is 10.1. The molecule has 0 radical (unpaired) electrons. The minimum atomic E-state index is -4.65. The molecular formula is C25H24ClF5N6O3. The third kappa shape index (κ3) is 7.18. The molecule has 1 aliphatic rings. The van der Waals surface area contributed by atoms with Crippen LogP contribution >= 0.6 is 11.6 Å². The molecule has 2 heterocycles. The first-order valence-electron chi connectivity index (χ1n) is 11.9. The van der Waals surface area contributed by atoms with Crippen LogP contribution in [0, 0.1) is 0 Å². The topological polar surface area (TPSA) is 94.1 Å². The number of nitrogens with zero attached hydrogens (tertiary/aromatic N) is 5. The van der Waals surface area contributed by atoms with Gasteiger partial charge in [0.05, 0.1) is 17.8 Å². The number of anilines is 4. The molecule has 1 aliphatic heterocycles. The summed E-state index contributed by atoms with van der Waals surface area (Å²) in [6.07, 6.45) is -4.90. The Morgan fingerprint density at radius 2 is 1.88 bits per heavy atom. The summed E-state index contributed by atoms with van der Waals surface area (Å²) >= 11 is 6.04. The Hall–Kier alpha value is -3.91. The average Bonchev–Trinajstić information content (AvgIpc) is 2.88. The minimum Gasteiger partial charge on any atom is -0.465 e. The van der Waals surface area contributed by atoms with E-state index < -0.39 is 31.0 Å². The molecule has 214 valence electrons. The van der Waals surface area contributed by atoms with Gasteiger partial charge in [0.15, 0.2) is 5.75 Å². The van der Waals surface area contributed by atoms with E-state index >= 15 is 0 Å². The quantitative estimate of drug-likeness (QED) is 0.314. The number of carboxylic acid groups (broad SMARTS) is 1. The van der Waals surface area contributed by atoms with E-state index in [9.17, 15) is 31.9 Å². The van der Waals surface area contributed by atoms with Crippen molar-refractivity contribution < 1.29 is 36.6 Å². The molecule has 2 aromatic carbocycles. The number of amides is 1. The van der Waals surface area contributed by atoms with Gasteiger partial charge in [0.1, 0.15) is 5.82 Å². The third-order valence-corrected chi connectivity index (χ3v) is 6.49. The fourth-order valence-corrected chi connectivity index (χ4v) is 4.25. The smallest absolute Gasteiger partial charge is 0.416 e. The van der Waals surface area contributed by atoms with Gasteiger partial charge >= 0.3 is 18.9 Å². The van der Waals surface area contributed by atoms with Crippen LogP contribution in [-0.4, -0.2) is 65.9 Å². The summed E-state index contributed by atoms with van der Waals surface area (Å²) in [4.78, 5) is 24.9. The van der Waals surface area contributed by atoms with Crippen molar-refractivity contribution in [2.45, 2.75) is 19.3 Å². The normalized spacial score (nSPS) is 14.3. The molecule has 0 saturated carbocycles. The standard InChI is InChI=1S/C25H24ClF5N6O3/c1-35-8-10-36(11-9-35)19-5-3-17(13-20(19)40-22(27)28)33-23-32-7-6-21(34-23)37(24(38)39)14-15-12-16(25(29,30)31)2-4-18(15)26/h2-7,12-13,22H,8-11,14H2,1H3,(H,38,39)(H,32,33,34). The summed E-state index contributed by atoms with van der Waals surface area (Å²) < 4.78 is 70.6. The van der Waals surface area contributed by atoms with Gasteiger partial charge in [0.25, 0.3) is 0 Å². The summed E-state index contributed by atoms with van der Waals surface area (Å²) in [6.45, 7) is -0.848. The van der Waals surface area contributed by atoms with Gasteiger partial charge in [-0.1, -0.05) is 11.6 Å². The first-order valence-corrected chi connectivity index (χ1v) is 12.3. The van der Waals surface area contributed by atoms with Crippen LogP contribution in [0.15, 0.2) is 48.7 Å². The molecule has 9 nitrogen and oxygen atoms in total. The van der Waals surface area contributed by atoms with Crippen LogP contribution in [0.3, 0.4) is 0 Å². The van der Waals surface area contributed by atoms with E-state index in [4.69, 9.17) is 16.3 Å². The highest BCUT2D eigenvalue weighted by molar-refractivity contribution is 6.31. The fourth-order valence-electron chi connectivity index (χ4n) is 4.07. The number of halogens is 6. The van der Waals surface area contributed by atoms with Gasteiger partial charge in [0, 0.05) is 49.2 Å². The van der Waals surface area contributed by atoms with Crippen LogP contribution in [0.4, 0.5) is 49.9 Å². The van der Waals surface area contributed by atoms with Crippen LogP contribution in [0.2, 0.25) is 5.02 Å². The molecule has 0 spiro atoms. The first kappa shape index (κ1) is 29.1. The molecule has 1 fully saturated rings. The second-order valence-electron chi connectivity index (χ2n) is 8.89. The number of hydrogen-bond donors (Lipinski definition) is 2. The zero-order chi connectivity index (χ0) is 29.0. The maximum absolute atomic E-state index is 13.2. The van der Waals surface area contributed by atoms with Crippen LogP contribution in [-0.2, 0) is 12.7 Å². The molecule has 3 aromatic rings. The van der Waals surface area contributed by atoms with Gasteiger partial charge < -0.3 is 25.0 Å². The number of hydrogen-bond acceptors (Lipinski definition) is 7. The highest BCUT2D eigenvalue weighted by Crippen LogP contribution is 2.35. The van der Waals surface area contributed by atoms with Crippen LogP contribution in [0.1, 0.15) is 11.1 Å². The molecule has 2 N–H and O–H groups in total. The number of piperazine rings is 1. The number of alkyl halides is 5. The van der Waals surface area contributed by atoms with Crippen molar-refractivity contribution in [1.29, 1.82) is 0 Å². The molecule has 40 heavy (non-hydrogen) atoms. The lowest BCUT2D eigenvalue weighted by molar-refractivity contribution is -0.137. The number of ether oxygens (including phenoxy) is 1. The van der Waals surface area contributed by atoms with E-state index in [1.54, 1.807) is 12.1 Å². The Morgan fingerprint density at radius 3 is 2.52 bits per heavy atom. The summed E-state index contributed by atoms with van der Waals surface area (Å²) in [6, 6.07) is 8.44. The molecule has 0 unspecified atom stereocenters. The molecule has 1 amide bonds. The number of aromatic nitrogens is 2. The molecular weight excluding hydrogens is 563 g/mol. The van der Waals surface area contributed by atoms with Gasteiger partial charge in [-0.15, -0.1) is 0 Å².